The number of carboxylic acids is 14. The molecule has 28 nitrogen and oxygen atoms in total. The summed E-state index contributed by atoms with van der Waals surface area (Å²) in [4.78, 5) is 127. The molecule has 0 saturated heterocycles. The molecule has 0 rings (SSSR count). The molecule has 44 heavy (non-hydrogen) atoms. The molecule has 0 unspecified atom stereocenters. The van der Waals surface area contributed by atoms with E-state index in [4.69, 9.17) is 139 Å². The number of carboxylic acid groups (broad SMARTS) is 14. The van der Waals surface area contributed by atoms with Gasteiger partial charge in [0.05, 0.1) is 0 Å². The van der Waals surface area contributed by atoms with Crippen molar-refractivity contribution in [3.63, 3.8) is 0 Å². The quantitative estimate of drug-likeness (QED) is 0.0812. The fraction of sp³-hybridized carbons (Fsp3) is 0. The molecule has 252 valence electrons. The molecular formula is C14H14Mn2O28. The van der Waals surface area contributed by atoms with Gasteiger partial charge >= 0.3 is 83.6 Å². The van der Waals surface area contributed by atoms with Crippen LogP contribution < -0.4 is 0 Å². The molecule has 0 spiro atoms. The predicted molar refractivity (Wildman–Crippen MR) is 107 cm³/mol. The summed E-state index contributed by atoms with van der Waals surface area (Å²) in [5.74, 6) is -25.5. The van der Waals surface area contributed by atoms with Gasteiger partial charge in [-0.2, -0.15) is 0 Å². The molecule has 0 heterocycles. The van der Waals surface area contributed by atoms with Gasteiger partial charge in [-0.3, -0.25) is 0 Å². The van der Waals surface area contributed by atoms with Crippen LogP contribution in [0.15, 0.2) is 0 Å². The van der Waals surface area contributed by atoms with Crippen molar-refractivity contribution in [2.24, 2.45) is 0 Å². The van der Waals surface area contributed by atoms with E-state index in [1.165, 1.54) is 0 Å². The Morgan fingerprint density at radius 2 is 0.182 bits per heavy atom. The Morgan fingerprint density at radius 1 is 0.159 bits per heavy atom. The third-order valence-corrected chi connectivity index (χ3v) is 1.28. The van der Waals surface area contributed by atoms with Gasteiger partial charge in [-0.25, -0.2) is 67.1 Å². The van der Waals surface area contributed by atoms with Crippen LogP contribution in [-0.2, 0) is 101 Å². The average molecular weight is 740 g/mol. The molecule has 0 aromatic heterocycles. The van der Waals surface area contributed by atoms with Gasteiger partial charge in [0.25, 0.3) is 0 Å². The van der Waals surface area contributed by atoms with E-state index in [0.29, 0.717) is 0 Å². The summed E-state index contributed by atoms with van der Waals surface area (Å²) in [6.45, 7) is 0. The zero-order valence-corrected chi connectivity index (χ0v) is 22.1. The predicted octanol–water partition coefficient (Wildman–Crippen LogP) is -5.92. The number of aliphatic carboxylic acids is 14. The fourth-order valence-electron chi connectivity index (χ4n) is 0. The standard InChI is InChI=1S/7C2H2O4.2Mn/c7*3-1(4)2(5)6;;/h7*(H,3,4)(H,5,6);;. The van der Waals surface area contributed by atoms with E-state index in [1.807, 2.05) is 0 Å². The van der Waals surface area contributed by atoms with E-state index in [0.717, 1.165) is 0 Å². The summed E-state index contributed by atoms with van der Waals surface area (Å²) in [6.07, 6.45) is 0. The first kappa shape index (κ1) is 61.6. The summed E-state index contributed by atoms with van der Waals surface area (Å²) in [6, 6.07) is 0. The minimum atomic E-state index is -1.82. The normalized spacial score (nSPS) is 7.00. The summed E-state index contributed by atoms with van der Waals surface area (Å²) in [5.41, 5.74) is 0. The van der Waals surface area contributed by atoms with Crippen molar-refractivity contribution in [2.75, 3.05) is 0 Å². The Balaban J connectivity index is -0.0000000461. The number of hydrogen-bond donors (Lipinski definition) is 14. The summed E-state index contributed by atoms with van der Waals surface area (Å²) in [7, 11) is 0. The zero-order valence-electron chi connectivity index (χ0n) is 19.7. The largest absolute Gasteiger partial charge is 0.473 e. The number of hydrogen-bond acceptors (Lipinski definition) is 14. The van der Waals surface area contributed by atoms with E-state index in [1.54, 1.807) is 0 Å². The second kappa shape index (κ2) is 36.6. The maximum atomic E-state index is 9.10. The second-order valence-electron chi connectivity index (χ2n) is 4.27. The Morgan fingerprint density at radius 3 is 0.182 bits per heavy atom. The molecule has 14 N–H and O–H groups in total. The van der Waals surface area contributed by atoms with Crippen molar-refractivity contribution >= 4 is 83.6 Å². The minimum absolute atomic E-state index is 0. The van der Waals surface area contributed by atoms with Gasteiger partial charge < -0.3 is 71.5 Å². The Labute approximate surface area is 256 Å². The maximum Gasteiger partial charge on any atom is 0.414 e. The average Bonchev–Trinajstić information content (AvgIpc) is 2.80. The summed E-state index contributed by atoms with van der Waals surface area (Å²) < 4.78 is 0. The van der Waals surface area contributed by atoms with Gasteiger partial charge in [-0.05, 0) is 0 Å². The molecule has 0 aromatic carbocycles. The van der Waals surface area contributed by atoms with Crippen LogP contribution in [-0.4, -0.2) is 155 Å². The molecular weight excluding hydrogens is 726 g/mol. The number of rotatable bonds is 0. The summed E-state index contributed by atoms with van der Waals surface area (Å²) in [5, 5.41) is 103. The molecule has 0 bridgehead atoms. The van der Waals surface area contributed by atoms with Crippen LogP contribution in [0.2, 0.25) is 0 Å². The molecule has 0 aromatic rings. The Kier molecular flexibility index (Phi) is 51.3. The Bertz CT molecular complexity index is 748. The second-order valence-corrected chi connectivity index (χ2v) is 4.27. The first-order valence-corrected chi connectivity index (χ1v) is 7.74. The third kappa shape index (κ3) is 91.3. The molecule has 30 heteroatoms. The van der Waals surface area contributed by atoms with Crippen molar-refractivity contribution in [1.29, 1.82) is 0 Å². The third-order valence-electron chi connectivity index (χ3n) is 1.28. The van der Waals surface area contributed by atoms with E-state index in [-0.39, 0.29) is 34.1 Å². The van der Waals surface area contributed by atoms with Gasteiger partial charge in [-0.1, -0.05) is 0 Å². The minimum Gasteiger partial charge on any atom is -0.473 e. The van der Waals surface area contributed by atoms with Crippen molar-refractivity contribution in [3.8, 4) is 0 Å². The molecule has 0 amide bonds. The SMILES string of the molecule is O=C(O)C(=O)O.O=C(O)C(=O)O.O=C(O)C(=O)O.O=C(O)C(=O)O.O=C(O)C(=O)O.O=C(O)C(=O)O.O=C(O)C(=O)O.[Mn].[Mn]. The zero-order chi connectivity index (χ0) is 36.1. The van der Waals surface area contributed by atoms with Crippen molar-refractivity contribution in [1.82, 2.24) is 0 Å². The van der Waals surface area contributed by atoms with Gasteiger partial charge in [0.1, 0.15) is 0 Å². The van der Waals surface area contributed by atoms with Crippen LogP contribution in [0.5, 0.6) is 0 Å². The van der Waals surface area contributed by atoms with Crippen molar-refractivity contribution < 1.29 is 173 Å². The van der Waals surface area contributed by atoms with E-state index in [9.17, 15) is 0 Å². The number of carbonyl (C=O) groups is 14. The topological polar surface area (TPSA) is 522 Å². The molecule has 0 aliphatic heterocycles. The van der Waals surface area contributed by atoms with E-state index >= 15 is 0 Å². The van der Waals surface area contributed by atoms with E-state index < -0.39 is 83.6 Å². The molecule has 0 atom stereocenters. The van der Waals surface area contributed by atoms with Gasteiger partial charge in [0, 0.05) is 34.1 Å². The van der Waals surface area contributed by atoms with Crippen molar-refractivity contribution in [3.05, 3.63) is 0 Å². The van der Waals surface area contributed by atoms with Gasteiger partial charge in [-0.15, -0.1) is 0 Å². The van der Waals surface area contributed by atoms with Crippen LogP contribution in [0.3, 0.4) is 0 Å². The molecule has 2 radical (unpaired) electrons. The van der Waals surface area contributed by atoms with Gasteiger partial charge in [0.15, 0.2) is 0 Å². The first-order valence-electron chi connectivity index (χ1n) is 7.74. The van der Waals surface area contributed by atoms with Crippen molar-refractivity contribution in [2.45, 2.75) is 0 Å². The monoisotopic (exact) mass is 740 g/mol. The molecule has 0 saturated carbocycles. The fourth-order valence-corrected chi connectivity index (χ4v) is 0. The van der Waals surface area contributed by atoms with Crippen LogP contribution in [0.25, 0.3) is 0 Å². The van der Waals surface area contributed by atoms with Gasteiger partial charge in [0.2, 0.25) is 0 Å². The molecule has 0 aliphatic carbocycles. The molecule has 0 aliphatic rings. The van der Waals surface area contributed by atoms with Crippen LogP contribution in [0.4, 0.5) is 0 Å². The van der Waals surface area contributed by atoms with Crippen LogP contribution in [0, 0.1) is 0 Å². The molecule has 0 fully saturated rings. The van der Waals surface area contributed by atoms with Crippen LogP contribution >= 0.6 is 0 Å². The Hall–Kier alpha value is -6.38. The van der Waals surface area contributed by atoms with E-state index in [2.05, 4.69) is 0 Å². The smallest absolute Gasteiger partial charge is 0.414 e. The summed E-state index contributed by atoms with van der Waals surface area (Å²) >= 11 is 0. The van der Waals surface area contributed by atoms with Crippen LogP contribution in [0.1, 0.15) is 0 Å². The maximum absolute atomic E-state index is 9.10. The first-order chi connectivity index (χ1) is 18.5.